The standard InChI is InChI=1S/C60H99NO13/c1-3-5-7-9-11-13-14-15-16-17-18-19-20-21-22-23-24-25-26-27-28-29-30-31-32-33-34-36-38-40-42-44-52(65)61-48(49(64)43-41-39-37-35-12-10-8-6-4-2)47-71-59-57(70)55(68)58(51(46-63)73-59)74-60-56(69)54(67)53(66)50(45-62)72-60/h5,7,11,13,15-16,18-19,21-22,24-25,27-28,30-31,33-34,48-51,53-60,62-64,66-70H,3-4,6,8-10,12,14,17,20,23,26,29,32,35-47H2,1-2H3,(H,61,65)/b7-5-,13-11-,16-15-,19-18-,22-21-,25-24-,28-27-,31-30-,34-33-. The van der Waals surface area contributed by atoms with Crippen LogP contribution in [0.15, 0.2) is 109 Å². The SMILES string of the molecule is CC/C=C\C/C=C\C/C=C\C/C=C\C/C=C\C/C=C\C/C=C\C/C=C\C/C=C\CCCCCC(=O)NC(COC1OC(CO)C(OC2OC(CO)C(O)C(O)C2O)C(O)C1O)C(O)CCCCCCCCCCC. The van der Waals surface area contributed by atoms with Gasteiger partial charge in [0.05, 0.1) is 32.0 Å². The summed E-state index contributed by atoms with van der Waals surface area (Å²) in [6.07, 6.45) is 45.4. The largest absolute Gasteiger partial charge is 0.394 e. The number of aliphatic hydroxyl groups excluding tert-OH is 8. The van der Waals surface area contributed by atoms with Gasteiger partial charge in [-0.15, -0.1) is 0 Å². The summed E-state index contributed by atoms with van der Waals surface area (Å²) in [4.78, 5) is 13.2. The van der Waals surface area contributed by atoms with Gasteiger partial charge < -0.3 is 65.1 Å². The van der Waals surface area contributed by atoms with Crippen molar-refractivity contribution in [3.63, 3.8) is 0 Å². The lowest BCUT2D eigenvalue weighted by atomic mass is 9.97. The van der Waals surface area contributed by atoms with Gasteiger partial charge in [0.25, 0.3) is 0 Å². The number of ether oxygens (including phenoxy) is 4. The highest BCUT2D eigenvalue weighted by Crippen LogP contribution is 2.30. The predicted octanol–water partition coefficient (Wildman–Crippen LogP) is 8.88. The van der Waals surface area contributed by atoms with Gasteiger partial charge in [-0.2, -0.15) is 0 Å². The summed E-state index contributed by atoms with van der Waals surface area (Å²) in [5.41, 5.74) is 0. The Morgan fingerprint density at radius 2 is 0.932 bits per heavy atom. The molecule has 2 heterocycles. The van der Waals surface area contributed by atoms with Crippen LogP contribution in [0.5, 0.6) is 0 Å². The highest BCUT2D eigenvalue weighted by Gasteiger charge is 2.51. The summed E-state index contributed by atoms with van der Waals surface area (Å²) in [5, 5.41) is 86.8. The Balaban J connectivity index is 1.71. The Morgan fingerprint density at radius 1 is 0.500 bits per heavy atom. The maximum absolute atomic E-state index is 13.2. The molecule has 2 saturated heterocycles. The number of amides is 1. The number of hydrogen-bond acceptors (Lipinski definition) is 13. The molecule has 0 aliphatic carbocycles. The van der Waals surface area contributed by atoms with Crippen LogP contribution in [0.25, 0.3) is 0 Å². The van der Waals surface area contributed by atoms with Gasteiger partial charge in [-0.1, -0.05) is 187 Å². The number of hydrogen-bond donors (Lipinski definition) is 9. The molecule has 1 amide bonds. The van der Waals surface area contributed by atoms with E-state index in [1.807, 2.05) is 0 Å². The number of rotatable bonds is 42. The van der Waals surface area contributed by atoms with Crippen molar-refractivity contribution in [3.8, 4) is 0 Å². The van der Waals surface area contributed by atoms with E-state index >= 15 is 0 Å². The first-order valence-corrected chi connectivity index (χ1v) is 28.1. The van der Waals surface area contributed by atoms with Crippen molar-refractivity contribution in [3.05, 3.63) is 109 Å². The van der Waals surface area contributed by atoms with Crippen molar-refractivity contribution in [2.24, 2.45) is 0 Å². The van der Waals surface area contributed by atoms with Crippen molar-refractivity contribution in [2.75, 3.05) is 19.8 Å². The predicted molar refractivity (Wildman–Crippen MR) is 295 cm³/mol. The van der Waals surface area contributed by atoms with Gasteiger partial charge in [-0.25, -0.2) is 0 Å². The van der Waals surface area contributed by atoms with Crippen molar-refractivity contribution in [2.45, 2.75) is 242 Å². The molecule has 12 unspecified atom stereocenters. The molecule has 0 aromatic heterocycles. The molecule has 0 bridgehead atoms. The number of unbranched alkanes of at least 4 members (excludes halogenated alkanes) is 11. The third-order valence-corrected chi connectivity index (χ3v) is 13.0. The summed E-state index contributed by atoms with van der Waals surface area (Å²) in [6, 6.07) is -0.853. The monoisotopic (exact) mass is 1040 g/mol. The van der Waals surface area contributed by atoms with E-state index in [0.29, 0.717) is 12.8 Å². The van der Waals surface area contributed by atoms with Gasteiger partial charge in [-0.05, 0) is 83.5 Å². The molecular formula is C60H99NO13. The Kier molecular flexibility index (Phi) is 40.4. The first kappa shape index (κ1) is 66.8. The molecule has 12 atom stereocenters. The van der Waals surface area contributed by atoms with Crippen LogP contribution in [-0.2, 0) is 23.7 Å². The minimum Gasteiger partial charge on any atom is -0.394 e. The second-order valence-electron chi connectivity index (χ2n) is 19.3. The van der Waals surface area contributed by atoms with Gasteiger partial charge in [0, 0.05) is 6.42 Å². The number of nitrogens with one attached hydrogen (secondary N) is 1. The molecule has 2 aliphatic rings. The first-order chi connectivity index (χ1) is 36.1. The van der Waals surface area contributed by atoms with Crippen LogP contribution in [0.3, 0.4) is 0 Å². The van der Waals surface area contributed by atoms with Crippen LogP contribution in [0.4, 0.5) is 0 Å². The van der Waals surface area contributed by atoms with E-state index in [1.54, 1.807) is 0 Å². The van der Waals surface area contributed by atoms with Gasteiger partial charge in [0.1, 0.15) is 48.8 Å². The van der Waals surface area contributed by atoms with E-state index in [1.165, 1.54) is 32.1 Å². The number of carbonyl (C=O) groups is 1. The molecule has 422 valence electrons. The maximum Gasteiger partial charge on any atom is 0.220 e. The third-order valence-electron chi connectivity index (χ3n) is 13.0. The molecule has 14 nitrogen and oxygen atoms in total. The van der Waals surface area contributed by atoms with E-state index in [-0.39, 0.29) is 18.9 Å². The zero-order valence-electron chi connectivity index (χ0n) is 45.0. The summed E-state index contributed by atoms with van der Waals surface area (Å²) in [6.45, 7) is 2.66. The zero-order valence-corrected chi connectivity index (χ0v) is 45.0. The third kappa shape index (κ3) is 30.4. The minimum absolute atomic E-state index is 0.247. The maximum atomic E-state index is 13.2. The van der Waals surface area contributed by atoms with Crippen molar-refractivity contribution in [1.82, 2.24) is 5.32 Å². The van der Waals surface area contributed by atoms with Crippen LogP contribution >= 0.6 is 0 Å². The van der Waals surface area contributed by atoms with Gasteiger partial charge in [0.15, 0.2) is 12.6 Å². The van der Waals surface area contributed by atoms with Crippen molar-refractivity contribution < 1.29 is 64.6 Å². The molecule has 74 heavy (non-hydrogen) atoms. The van der Waals surface area contributed by atoms with Crippen molar-refractivity contribution >= 4 is 5.91 Å². The average Bonchev–Trinajstić information content (AvgIpc) is 3.40. The number of aliphatic hydroxyl groups is 8. The van der Waals surface area contributed by atoms with E-state index in [0.717, 1.165) is 103 Å². The summed E-state index contributed by atoms with van der Waals surface area (Å²) < 4.78 is 22.7. The topological polar surface area (TPSA) is 228 Å². The first-order valence-electron chi connectivity index (χ1n) is 28.1. The molecule has 2 rings (SSSR count). The minimum atomic E-state index is -1.79. The van der Waals surface area contributed by atoms with Crippen LogP contribution < -0.4 is 5.32 Å². The Labute approximate surface area is 445 Å². The van der Waals surface area contributed by atoms with E-state index in [2.05, 4.69) is 129 Å². The fraction of sp³-hybridized carbons (Fsp3) is 0.683. The molecule has 0 aromatic carbocycles. The molecule has 0 saturated carbocycles. The fourth-order valence-corrected chi connectivity index (χ4v) is 8.46. The van der Waals surface area contributed by atoms with E-state index < -0.39 is 86.8 Å². The van der Waals surface area contributed by atoms with Gasteiger partial charge >= 0.3 is 0 Å². The smallest absolute Gasteiger partial charge is 0.220 e. The molecular weight excluding hydrogens is 943 g/mol. The van der Waals surface area contributed by atoms with Crippen molar-refractivity contribution in [1.29, 1.82) is 0 Å². The van der Waals surface area contributed by atoms with Crippen LogP contribution in [-0.4, -0.2) is 140 Å². The van der Waals surface area contributed by atoms with E-state index in [9.17, 15) is 45.6 Å². The van der Waals surface area contributed by atoms with Crippen LogP contribution in [0, 0.1) is 0 Å². The molecule has 14 heteroatoms. The van der Waals surface area contributed by atoms with Crippen LogP contribution in [0.2, 0.25) is 0 Å². The molecule has 0 radical (unpaired) electrons. The Bertz CT molecular complexity index is 1650. The zero-order chi connectivity index (χ0) is 53.9. The highest BCUT2D eigenvalue weighted by atomic mass is 16.7. The molecule has 0 spiro atoms. The fourth-order valence-electron chi connectivity index (χ4n) is 8.46. The highest BCUT2D eigenvalue weighted by molar-refractivity contribution is 5.76. The summed E-state index contributed by atoms with van der Waals surface area (Å²) >= 11 is 0. The quantitative estimate of drug-likeness (QED) is 0.0206. The lowest BCUT2D eigenvalue weighted by molar-refractivity contribution is -0.359. The second kappa shape index (κ2) is 44.7. The Morgan fingerprint density at radius 3 is 1.42 bits per heavy atom. The second-order valence-corrected chi connectivity index (χ2v) is 19.3. The van der Waals surface area contributed by atoms with Crippen LogP contribution in [0.1, 0.15) is 168 Å². The molecule has 2 fully saturated rings. The molecule has 9 N–H and O–H groups in total. The normalized spacial score (nSPS) is 26.1. The Hall–Kier alpha value is -3.35. The van der Waals surface area contributed by atoms with E-state index in [4.69, 9.17) is 18.9 Å². The lowest BCUT2D eigenvalue weighted by Crippen LogP contribution is -2.65. The van der Waals surface area contributed by atoms with Gasteiger partial charge in [0.2, 0.25) is 5.91 Å². The number of carbonyl (C=O) groups excluding carboxylic acids is 1. The lowest BCUT2D eigenvalue weighted by Gasteiger charge is -2.46. The molecule has 0 aromatic rings. The number of allylic oxidation sites excluding steroid dienone is 18. The summed E-state index contributed by atoms with van der Waals surface area (Å²) in [5.74, 6) is -0.247. The molecule has 2 aliphatic heterocycles. The average molecular weight is 1040 g/mol. The summed E-state index contributed by atoms with van der Waals surface area (Å²) in [7, 11) is 0. The van der Waals surface area contributed by atoms with Gasteiger partial charge in [-0.3, -0.25) is 4.79 Å².